The second-order valence-corrected chi connectivity index (χ2v) is 6.81. The lowest BCUT2D eigenvalue weighted by molar-refractivity contribution is -0.384. The molecular weight excluding hydrogens is 330 g/mol. The number of hydrogen-bond acceptors (Lipinski definition) is 4. The maximum absolute atomic E-state index is 11.3. The summed E-state index contributed by atoms with van der Waals surface area (Å²) < 4.78 is 0. The Morgan fingerprint density at radius 2 is 2.00 bits per heavy atom. The van der Waals surface area contributed by atoms with Crippen molar-refractivity contribution in [3.8, 4) is 0 Å². The van der Waals surface area contributed by atoms with E-state index in [1.807, 2.05) is 30.3 Å². The van der Waals surface area contributed by atoms with Crippen LogP contribution in [-0.2, 0) is 4.79 Å². The molecular formula is C20H19N3O3. The van der Waals surface area contributed by atoms with E-state index in [0.29, 0.717) is 5.92 Å². The smallest absolute Gasteiger partial charge is 0.269 e. The highest BCUT2D eigenvalue weighted by molar-refractivity contribution is 5.89. The molecule has 0 spiro atoms. The number of benzene rings is 2. The first-order valence-corrected chi connectivity index (χ1v) is 8.62. The summed E-state index contributed by atoms with van der Waals surface area (Å²) in [6, 6.07) is 12.8. The number of rotatable bonds is 3. The summed E-state index contributed by atoms with van der Waals surface area (Å²) >= 11 is 0. The van der Waals surface area contributed by atoms with Gasteiger partial charge in [-0.05, 0) is 41.7 Å². The van der Waals surface area contributed by atoms with Crippen molar-refractivity contribution < 1.29 is 9.72 Å². The molecule has 1 amide bonds. The lowest BCUT2D eigenvalue weighted by atomic mass is 9.77. The van der Waals surface area contributed by atoms with Gasteiger partial charge in [0.1, 0.15) is 0 Å². The molecule has 4 rings (SSSR count). The minimum Gasteiger partial charge on any atom is -0.378 e. The van der Waals surface area contributed by atoms with E-state index in [-0.39, 0.29) is 28.5 Å². The molecule has 0 radical (unpaired) electrons. The average molecular weight is 349 g/mol. The molecule has 2 aliphatic rings. The summed E-state index contributed by atoms with van der Waals surface area (Å²) in [7, 11) is 0. The molecule has 2 N–H and O–H groups in total. The average Bonchev–Trinajstić information content (AvgIpc) is 3.11. The van der Waals surface area contributed by atoms with Gasteiger partial charge in [-0.15, -0.1) is 0 Å². The fourth-order valence-electron chi connectivity index (χ4n) is 4.01. The number of nitrogens with zero attached hydrogens (tertiary/aromatic N) is 1. The maximum Gasteiger partial charge on any atom is 0.269 e. The van der Waals surface area contributed by atoms with Gasteiger partial charge in [0.15, 0.2) is 0 Å². The van der Waals surface area contributed by atoms with Gasteiger partial charge in [-0.1, -0.05) is 24.3 Å². The number of carbonyl (C=O) groups excluding carboxylic acids is 1. The van der Waals surface area contributed by atoms with Gasteiger partial charge in [0.05, 0.1) is 11.0 Å². The second kappa shape index (κ2) is 6.29. The van der Waals surface area contributed by atoms with Crippen molar-refractivity contribution in [3.05, 3.63) is 75.9 Å². The van der Waals surface area contributed by atoms with Crippen LogP contribution in [0.15, 0.2) is 54.6 Å². The van der Waals surface area contributed by atoms with Crippen molar-refractivity contribution >= 4 is 23.0 Å². The van der Waals surface area contributed by atoms with Gasteiger partial charge in [-0.3, -0.25) is 14.9 Å². The third-order valence-corrected chi connectivity index (χ3v) is 5.15. The minimum atomic E-state index is -0.378. The molecule has 0 saturated carbocycles. The number of allylic oxidation sites excluding steroid dienone is 2. The van der Waals surface area contributed by atoms with Gasteiger partial charge < -0.3 is 10.6 Å². The lowest BCUT2D eigenvalue weighted by Gasteiger charge is -2.37. The van der Waals surface area contributed by atoms with Gasteiger partial charge >= 0.3 is 0 Å². The predicted molar refractivity (Wildman–Crippen MR) is 100 cm³/mol. The number of non-ortho nitro benzene ring substituents is 1. The molecule has 2 aromatic rings. The van der Waals surface area contributed by atoms with Crippen LogP contribution in [0.5, 0.6) is 0 Å². The van der Waals surface area contributed by atoms with E-state index >= 15 is 0 Å². The van der Waals surface area contributed by atoms with Gasteiger partial charge in [0, 0.05) is 36.3 Å². The van der Waals surface area contributed by atoms with Crippen molar-refractivity contribution in [3.63, 3.8) is 0 Å². The molecule has 1 aliphatic heterocycles. The molecule has 6 heteroatoms. The number of amides is 1. The molecule has 3 atom stereocenters. The second-order valence-electron chi connectivity index (χ2n) is 6.81. The summed E-state index contributed by atoms with van der Waals surface area (Å²) in [5.41, 5.74) is 4.16. The molecule has 6 nitrogen and oxygen atoms in total. The van der Waals surface area contributed by atoms with E-state index in [2.05, 4.69) is 22.8 Å². The maximum atomic E-state index is 11.3. The first-order chi connectivity index (χ1) is 12.5. The summed E-state index contributed by atoms with van der Waals surface area (Å²) in [6.07, 6.45) is 5.36. The fourth-order valence-corrected chi connectivity index (χ4v) is 4.01. The van der Waals surface area contributed by atoms with E-state index in [4.69, 9.17) is 0 Å². The van der Waals surface area contributed by atoms with E-state index < -0.39 is 0 Å². The number of hydrogen-bond donors (Lipinski definition) is 2. The van der Waals surface area contributed by atoms with Crippen molar-refractivity contribution in [2.24, 2.45) is 5.92 Å². The van der Waals surface area contributed by atoms with Crippen LogP contribution in [0, 0.1) is 16.0 Å². The van der Waals surface area contributed by atoms with Crippen LogP contribution in [-0.4, -0.2) is 10.8 Å². The monoisotopic (exact) mass is 349 g/mol. The molecule has 2 aromatic carbocycles. The summed E-state index contributed by atoms with van der Waals surface area (Å²) in [6.45, 7) is 1.50. The number of carbonyl (C=O) groups is 1. The largest absolute Gasteiger partial charge is 0.378 e. The SMILES string of the molecule is CC(=O)Nc1ccc2c(c1)[C@@H]1C=CC[C@H]1[C@H](c1ccc([N+](=O)[O-])cc1)N2. The number of nitro groups is 1. The van der Waals surface area contributed by atoms with E-state index in [9.17, 15) is 14.9 Å². The van der Waals surface area contributed by atoms with Gasteiger partial charge in [0.2, 0.25) is 5.91 Å². The normalized spacial score (nSPS) is 22.9. The molecule has 132 valence electrons. The van der Waals surface area contributed by atoms with Crippen LogP contribution in [0.2, 0.25) is 0 Å². The van der Waals surface area contributed by atoms with Crippen LogP contribution < -0.4 is 10.6 Å². The Morgan fingerprint density at radius 1 is 1.23 bits per heavy atom. The highest BCUT2D eigenvalue weighted by Gasteiger charge is 2.38. The fraction of sp³-hybridized carbons (Fsp3) is 0.250. The zero-order valence-corrected chi connectivity index (χ0v) is 14.3. The number of fused-ring (bicyclic) bond motifs is 3. The number of nitro benzene ring substituents is 1. The van der Waals surface area contributed by atoms with Crippen LogP contribution >= 0.6 is 0 Å². The Labute approximate surface area is 151 Å². The lowest BCUT2D eigenvalue weighted by Crippen LogP contribution is -2.29. The Bertz CT molecular complexity index is 905. The summed E-state index contributed by atoms with van der Waals surface area (Å²) in [5, 5.41) is 17.3. The highest BCUT2D eigenvalue weighted by Crippen LogP contribution is 2.50. The third-order valence-electron chi connectivity index (χ3n) is 5.15. The molecule has 1 heterocycles. The molecule has 0 unspecified atom stereocenters. The Balaban J connectivity index is 1.68. The van der Waals surface area contributed by atoms with Crippen molar-refractivity contribution in [2.45, 2.75) is 25.3 Å². The van der Waals surface area contributed by atoms with E-state index in [1.54, 1.807) is 12.1 Å². The zero-order chi connectivity index (χ0) is 18.3. The van der Waals surface area contributed by atoms with Crippen molar-refractivity contribution in [1.29, 1.82) is 0 Å². The standard InChI is InChI=1S/C20H19N3O3/c1-12(24)21-14-7-10-19-18(11-14)16-3-2-4-17(16)20(22-19)13-5-8-15(9-6-13)23(25)26/h2-3,5-11,16-17,20,22H,4H2,1H3,(H,21,24)/t16-,17-,20+/m1/s1. The third kappa shape index (κ3) is 2.83. The molecule has 0 aromatic heterocycles. The van der Waals surface area contributed by atoms with Gasteiger partial charge in [-0.2, -0.15) is 0 Å². The minimum absolute atomic E-state index is 0.0870. The predicted octanol–water partition coefficient (Wildman–Crippen LogP) is 4.38. The molecule has 0 saturated heterocycles. The first-order valence-electron chi connectivity index (χ1n) is 8.62. The highest BCUT2D eigenvalue weighted by atomic mass is 16.6. The van der Waals surface area contributed by atoms with Gasteiger partial charge in [0.25, 0.3) is 5.69 Å². The van der Waals surface area contributed by atoms with E-state index in [1.165, 1.54) is 12.5 Å². The van der Waals surface area contributed by atoms with Crippen LogP contribution in [0.3, 0.4) is 0 Å². The number of nitrogens with one attached hydrogen (secondary N) is 2. The van der Waals surface area contributed by atoms with Crippen LogP contribution in [0.4, 0.5) is 17.1 Å². The Hall–Kier alpha value is -3.15. The van der Waals surface area contributed by atoms with Crippen LogP contribution in [0.1, 0.15) is 36.4 Å². The van der Waals surface area contributed by atoms with Gasteiger partial charge in [-0.25, -0.2) is 0 Å². The quantitative estimate of drug-likeness (QED) is 0.489. The molecule has 26 heavy (non-hydrogen) atoms. The van der Waals surface area contributed by atoms with Crippen LogP contribution in [0.25, 0.3) is 0 Å². The summed E-state index contributed by atoms with van der Waals surface area (Å²) in [5.74, 6) is 0.521. The van der Waals surface area contributed by atoms with E-state index in [0.717, 1.165) is 23.4 Å². The van der Waals surface area contributed by atoms with Crippen molar-refractivity contribution in [2.75, 3.05) is 10.6 Å². The molecule has 0 fully saturated rings. The Kier molecular flexibility index (Phi) is 3.95. The summed E-state index contributed by atoms with van der Waals surface area (Å²) in [4.78, 5) is 21.8. The molecule has 0 bridgehead atoms. The molecule has 1 aliphatic carbocycles. The first kappa shape index (κ1) is 16.3. The number of anilines is 2. The van der Waals surface area contributed by atoms with Crippen molar-refractivity contribution in [1.82, 2.24) is 0 Å². The topological polar surface area (TPSA) is 84.3 Å². The Morgan fingerprint density at radius 3 is 2.69 bits per heavy atom. The zero-order valence-electron chi connectivity index (χ0n) is 14.3.